The average Bonchev–Trinajstić information content (AvgIpc) is 3.16. The molecule has 0 N–H and O–H groups in total. The van der Waals surface area contributed by atoms with Crippen LogP contribution in [0.5, 0.6) is 17.2 Å². The van der Waals surface area contributed by atoms with E-state index >= 15 is 0 Å². The highest BCUT2D eigenvalue weighted by molar-refractivity contribution is 6.13. The van der Waals surface area contributed by atoms with Gasteiger partial charge in [-0.25, -0.2) is 0 Å². The lowest BCUT2D eigenvalue weighted by Crippen LogP contribution is -2.31. The van der Waals surface area contributed by atoms with E-state index in [-0.39, 0.29) is 29.4 Å². The summed E-state index contributed by atoms with van der Waals surface area (Å²) in [7, 11) is 1.60. The molecule has 3 heterocycles. The fourth-order valence-electron chi connectivity index (χ4n) is 4.90. The van der Waals surface area contributed by atoms with Gasteiger partial charge in [-0.2, -0.15) is 0 Å². The molecule has 0 spiro atoms. The zero-order valence-electron chi connectivity index (χ0n) is 20.4. The van der Waals surface area contributed by atoms with Gasteiger partial charge in [0.15, 0.2) is 5.76 Å². The highest BCUT2D eigenvalue weighted by atomic mass is 16.5. The number of carbonyl (C=O) groups excluding carboxylic acids is 2. The molecular weight excluding hydrogens is 446 g/mol. The Hall–Kier alpha value is -3.87. The van der Waals surface area contributed by atoms with Crippen LogP contribution in [0, 0.1) is 5.92 Å². The summed E-state index contributed by atoms with van der Waals surface area (Å²) < 4.78 is 18.7. The van der Waals surface area contributed by atoms with Gasteiger partial charge in [-0.3, -0.25) is 14.4 Å². The monoisotopic (exact) mass is 473 g/mol. The number of esters is 1. The molecule has 7 heteroatoms. The largest absolute Gasteiger partial charge is 0.497 e. The van der Waals surface area contributed by atoms with E-state index in [1.807, 2.05) is 38.1 Å². The molecule has 1 aromatic heterocycles. The van der Waals surface area contributed by atoms with Crippen LogP contribution in [-0.4, -0.2) is 23.4 Å². The molecule has 0 aliphatic carbocycles. The van der Waals surface area contributed by atoms with Gasteiger partial charge in [0.05, 0.1) is 24.6 Å². The summed E-state index contributed by atoms with van der Waals surface area (Å²) in [6.45, 7) is 8.24. The minimum absolute atomic E-state index is 0.0302. The van der Waals surface area contributed by atoms with Crippen molar-refractivity contribution in [2.75, 3.05) is 7.11 Å². The van der Waals surface area contributed by atoms with Gasteiger partial charge in [0.1, 0.15) is 17.2 Å². The summed E-state index contributed by atoms with van der Waals surface area (Å²) in [5, 5.41) is 0.828. The number of nitrogens with zero attached hydrogens (tertiary/aromatic N) is 1. The molecule has 5 rings (SSSR count). The van der Waals surface area contributed by atoms with Crippen LogP contribution in [-0.2, 0) is 11.3 Å². The molecule has 2 aliphatic heterocycles. The fourth-order valence-corrected chi connectivity index (χ4v) is 4.90. The van der Waals surface area contributed by atoms with E-state index in [2.05, 4.69) is 13.8 Å². The third-order valence-corrected chi connectivity index (χ3v) is 6.46. The van der Waals surface area contributed by atoms with Crippen molar-refractivity contribution < 1.29 is 23.8 Å². The number of ketones is 1. The number of allylic oxidation sites excluding steroid dienone is 2. The highest BCUT2D eigenvalue weighted by Crippen LogP contribution is 2.48. The smallest absolute Gasteiger partial charge is 0.312 e. The SMILES string of the molecule is COc1ccc2c(c1)cc([C@@H]1CC(=O)Oc3ccc4c(c31)OC(=C(C)C)C4=O)c(=O)n2CC(C)C. The van der Waals surface area contributed by atoms with Crippen molar-refractivity contribution in [2.45, 2.75) is 46.6 Å². The Balaban J connectivity index is 1.79. The summed E-state index contributed by atoms with van der Waals surface area (Å²) in [5.74, 6) is 0.576. The number of fused-ring (bicyclic) bond motifs is 4. The van der Waals surface area contributed by atoms with E-state index in [1.165, 1.54) is 0 Å². The number of rotatable bonds is 4. The molecule has 0 saturated carbocycles. The first-order chi connectivity index (χ1) is 16.7. The minimum Gasteiger partial charge on any atom is -0.497 e. The van der Waals surface area contributed by atoms with E-state index in [1.54, 1.807) is 23.8 Å². The molecule has 0 radical (unpaired) electrons. The van der Waals surface area contributed by atoms with Gasteiger partial charge in [0, 0.05) is 29.0 Å². The highest BCUT2D eigenvalue weighted by Gasteiger charge is 2.40. The average molecular weight is 474 g/mol. The maximum atomic E-state index is 13.9. The molecule has 2 aromatic carbocycles. The third kappa shape index (κ3) is 3.71. The summed E-state index contributed by atoms with van der Waals surface area (Å²) in [6.07, 6.45) is -0.0302. The number of hydrogen-bond donors (Lipinski definition) is 0. The topological polar surface area (TPSA) is 83.8 Å². The number of hydrogen-bond acceptors (Lipinski definition) is 6. The predicted molar refractivity (Wildman–Crippen MR) is 131 cm³/mol. The number of carbonyl (C=O) groups is 2. The van der Waals surface area contributed by atoms with Gasteiger partial charge < -0.3 is 18.8 Å². The van der Waals surface area contributed by atoms with Crippen molar-refractivity contribution in [2.24, 2.45) is 5.92 Å². The van der Waals surface area contributed by atoms with Crippen LogP contribution in [0.1, 0.15) is 61.5 Å². The second-order valence-corrected chi connectivity index (χ2v) is 9.68. The summed E-state index contributed by atoms with van der Waals surface area (Å²) in [6, 6.07) is 10.6. The molecule has 3 aromatic rings. The quantitative estimate of drug-likeness (QED) is 0.302. The lowest BCUT2D eigenvalue weighted by molar-refractivity contribution is -0.135. The summed E-state index contributed by atoms with van der Waals surface area (Å²) in [4.78, 5) is 39.5. The van der Waals surface area contributed by atoms with Crippen molar-refractivity contribution >= 4 is 22.7 Å². The van der Waals surface area contributed by atoms with Crippen molar-refractivity contribution in [1.82, 2.24) is 4.57 Å². The number of methoxy groups -OCH3 is 1. The maximum absolute atomic E-state index is 13.9. The van der Waals surface area contributed by atoms with Crippen LogP contribution < -0.4 is 19.8 Å². The zero-order chi connectivity index (χ0) is 25.0. The van der Waals surface area contributed by atoms with Gasteiger partial charge in [-0.1, -0.05) is 13.8 Å². The van der Waals surface area contributed by atoms with Crippen LogP contribution in [0.15, 0.2) is 52.5 Å². The molecule has 0 bridgehead atoms. The molecule has 0 unspecified atom stereocenters. The fraction of sp³-hybridized carbons (Fsp3) is 0.321. The third-order valence-electron chi connectivity index (χ3n) is 6.46. The van der Waals surface area contributed by atoms with Crippen molar-refractivity contribution in [1.29, 1.82) is 0 Å². The molecule has 35 heavy (non-hydrogen) atoms. The van der Waals surface area contributed by atoms with Gasteiger partial charge in [0.25, 0.3) is 5.56 Å². The Morgan fingerprint density at radius 2 is 1.86 bits per heavy atom. The van der Waals surface area contributed by atoms with E-state index in [9.17, 15) is 14.4 Å². The summed E-state index contributed by atoms with van der Waals surface area (Å²) in [5.41, 5.74) is 2.80. The zero-order valence-corrected chi connectivity index (χ0v) is 20.4. The first kappa shape index (κ1) is 22.9. The van der Waals surface area contributed by atoms with E-state index in [0.717, 1.165) is 16.5 Å². The second-order valence-electron chi connectivity index (χ2n) is 9.68. The van der Waals surface area contributed by atoms with Crippen molar-refractivity contribution in [3.63, 3.8) is 0 Å². The van der Waals surface area contributed by atoms with Crippen LogP contribution in [0.25, 0.3) is 10.9 Å². The Bertz CT molecular complexity index is 1490. The summed E-state index contributed by atoms with van der Waals surface area (Å²) >= 11 is 0. The number of aromatic nitrogens is 1. The second kappa shape index (κ2) is 8.41. The normalized spacial score (nSPS) is 16.7. The van der Waals surface area contributed by atoms with Crippen molar-refractivity contribution in [3.05, 3.63) is 74.8 Å². The van der Waals surface area contributed by atoms with Gasteiger partial charge in [-0.05, 0) is 61.7 Å². The van der Waals surface area contributed by atoms with Gasteiger partial charge >= 0.3 is 5.97 Å². The minimum atomic E-state index is -0.618. The molecule has 180 valence electrons. The Labute approximate surface area is 202 Å². The molecular formula is C28H27NO6. The van der Waals surface area contributed by atoms with E-state index in [4.69, 9.17) is 14.2 Å². The maximum Gasteiger partial charge on any atom is 0.312 e. The van der Waals surface area contributed by atoms with Crippen LogP contribution >= 0.6 is 0 Å². The number of ether oxygens (including phenoxy) is 3. The van der Waals surface area contributed by atoms with Crippen LogP contribution in [0.3, 0.4) is 0 Å². The molecule has 7 nitrogen and oxygen atoms in total. The van der Waals surface area contributed by atoms with Crippen molar-refractivity contribution in [3.8, 4) is 17.2 Å². The number of pyridine rings is 1. The Morgan fingerprint density at radius 1 is 1.09 bits per heavy atom. The van der Waals surface area contributed by atoms with E-state index < -0.39 is 11.9 Å². The molecule has 0 saturated heterocycles. The lowest BCUT2D eigenvalue weighted by atomic mass is 9.84. The predicted octanol–water partition coefficient (Wildman–Crippen LogP) is 4.98. The number of Topliss-reactive ketones (excluding diaryl/α,β-unsaturated/α-hetero) is 1. The molecule has 0 fully saturated rings. The Kier molecular flexibility index (Phi) is 5.50. The Morgan fingerprint density at radius 3 is 2.54 bits per heavy atom. The number of benzene rings is 2. The standard InChI is InChI=1S/C28H27NO6/c1-14(2)13-29-21-8-6-17(33-5)10-16(21)11-20(28(29)32)19-12-23(30)34-22-9-7-18-25(31)26(15(3)4)35-27(18)24(19)22/h6-11,14,19H,12-13H2,1-5H3/t19-/m0/s1. The molecule has 0 amide bonds. The first-order valence-electron chi connectivity index (χ1n) is 11.7. The lowest BCUT2D eigenvalue weighted by Gasteiger charge is -2.27. The van der Waals surface area contributed by atoms with Crippen LogP contribution in [0.2, 0.25) is 0 Å². The first-order valence-corrected chi connectivity index (χ1v) is 11.7. The van der Waals surface area contributed by atoms with E-state index in [0.29, 0.717) is 40.5 Å². The molecule has 2 aliphatic rings. The van der Waals surface area contributed by atoms with Gasteiger partial charge in [-0.15, -0.1) is 0 Å². The van der Waals surface area contributed by atoms with Crippen LogP contribution in [0.4, 0.5) is 0 Å². The molecule has 1 atom stereocenters. The van der Waals surface area contributed by atoms with Gasteiger partial charge in [0.2, 0.25) is 5.78 Å².